The molecule has 7 nitrogen and oxygen atoms in total. The topological polar surface area (TPSA) is 77.6 Å². The molecule has 3 aromatic heterocycles. The fourth-order valence-corrected chi connectivity index (χ4v) is 4.37. The van der Waals surface area contributed by atoms with Crippen molar-refractivity contribution in [3.05, 3.63) is 84.2 Å². The number of rotatable bonds is 2. The van der Waals surface area contributed by atoms with Crippen LogP contribution in [0.25, 0.3) is 33.5 Å². The van der Waals surface area contributed by atoms with E-state index in [9.17, 15) is 4.79 Å². The molecular formula is C24H18N6O. The fourth-order valence-electron chi connectivity index (χ4n) is 4.37. The standard InChI is InChI=1S/C24H18N6O/c1-14-27-20-13-25-11-10-21(20)29(14)17-8-6-16(7-9-17)22-12-23(31)28-19-5-3-4-18-24(19)30(22)15(2)26-18/h3-13H,1-2H3,(H,28,31). The van der Waals surface area contributed by atoms with E-state index in [1.807, 2.05) is 66.9 Å². The van der Waals surface area contributed by atoms with E-state index in [0.29, 0.717) is 0 Å². The highest BCUT2D eigenvalue weighted by molar-refractivity contribution is 6.11. The maximum absolute atomic E-state index is 12.6. The predicted molar refractivity (Wildman–Crippen MR) is 120 cm³/mol. The van der Waals surface area contributed by atoms with Crippen molar-refractivity contribution < 1.29 is 4.79 Å². The first-order valence-corrected chi connectivity index (χ1v) is 10.0. The third kappa shape index (κ3) is 2.60. The van der Waals surface area contributed by atoms with Crippen molar-refractivity contribution in [1.29, 1.82) is 0 Å². The summed E-state index contributed by atoms with van der Waals surface area (Å²) in [6.45, 7) is 3.94. The number of fused-ring (bicyclic) bond motifs is 1. The number of hydrogen-bond acceptors (Lipinski definition) is 4. The first-order chi connectivity index (χ1) is 15.1. The molecule has 0 unspecified atom stereocenters. The average Bonchev–Trinajstić information content (AvgIpc) is 3.22. The van der Waals surface area contributed by atoms with E-state index in [-0.39, 0.29) is 5.91 Å². The number of anilines is 1. The Balaban J connectivity index is 1.51. The van der Waals surface area contributed by atoms with Crippen LogP contribution in [0.15, 0.2) is 67.0 Å². The molecule has 1 aliphatic rings. The highest BCUT2D eigenvalue weighted by Gasteiger charge is 2.21. The molecule has 6 rings (SSSR count). The van der Waals surface area contributed by atoms with Crippen LogP contribution < -0.4 is 5.32 Å². The number of pyridine rings is 1. The largest absolute Gasteiger partial charge is 0.321 e. The smallest absolute Gasteiger partial charge is 0.250 e. The van der Waals surface area contributed by atoms with Gasteiger partial charge in [0.2, 0.25) is 0 Å². The number of para-hydroxylation sites is 1. The summed E-state index contributed by atoms with van der Waals surface area (Å²) >= 11 is 0. The second-order valence-electron chi connectivity index (χ2n) is 7.59. The third-order valence-corrected chi connectivity index (χ3v) is 5.66. The molecule has 0 atom stereocenters. The normalized spacial score (nSPS) is 13.4. The first kappa shape index (κ1) is 17.6. The number of nitrogens with one attached hydrogen (secondary N) is 1. The lowest BCUT2D eigenvalue weighted by atomic mass is 10.1. The summed E-state index contributed by atoms with van der Waals surface area (Å²) in [4.78, 5) is 26.0. The summed E-state index contributed by atoms with van der Waals surface area (Å²) in [6, 6.07) is 15.9. The van der Waals surface area contributed by atoms with Gasteiger partial charge in [0.05, 0.1) is 34.1 Å². The summed E-state index contributed by atoms with van der Waals surface area (Å²) in [7, 11) is 0. The zero-order valence-corrected chi connectivity index (χ0v) is 17.0. The van der Waals surface area contributed by atoms with Gasteiger partial charge in [-0.25, -0.2) is 9.97 Å². The lowest BCUT2D eigenvalue weighted by Gasteiger charge is -2.13. The van der Waals surface area contributed by atoms with Gasteiger partial charge in [-0.1, -0.05) is 18.2 Å². The molecule has 0 aliphatic carbocycles. The second-order valence-corrected chi connectivity index (χ2v) is 7.59. The molecule has 31 heavy (non-hydrogen) atoms. The minimum atomic E-state index is -0.154. The minimum absolute atomic E-state index is 0.154. The number of carbonyl (C=O) groups is 1. The van der Waals surface area contributed by atoms with Gasteiger partial charge in [0, 0.05) is 18.0 Å². The molecule has 1 amide bonds. The van der Waals surface area contributed by atoms with Crippen molar-refractivity contribution in [3.63, 3.8) is 0 Å². The van der Waals surface area contributed by atoms with Crippen LogP contribution in [-0.2, 0) is 4.79 Å². The Labute approximate surface area is 177 Å². The number of benzene rings is 2. The Bertz CT molecular complexity index is 1540. The fraction of sp³-hybridized carbons (Fsp3) is 0.0833. The molecule has 0 radical (unpaired) electrons. The van der Waals surface area contributed by atoms with Gasteiger partial charge in [-0.05, 0) is 49.7 Å². The molecule has 0 fully saturated rings. The van der Waals surface area contributed by atoms with Crippen LogP contribution in [0.1, 0.15) is 17.2 Å². The number of imidazole rings is 2. The number of nitrogens with zero attached hydrogens (tertiary/aromatic N) is 5. The van der Waals surface area contributed by atoms with Crippen molar-refractivity contribution in [2.24, 2.45) is 0 Å². The van der Waals surface area contributed by atoms with E-state index in [1.54, 1.807) is 18.5 Å². The number of aryl methyl sites for hydroxylation is 2. The SMILES string of the molecule is Cc1nc2cccc3c2n1C(c1ccc(-n2c(C)nc4cnccc42)cc1)=CC(=O)N3. The maximum Gasteiger partial charge on any atom is 0.250 e. The highest BCUT2D eigenvalue weighted by Crippen LogP contribution is 2.33. The number of aromatic nitrogens is 5. The molecule has 2 aromatic carbocycles. The molecule has 1 N–H and O–H groups in total. The molecule has 5 aromatic rings. The molecule has 150 valence electrons. The number of hydrogen-bond donors (Lipinski definition) is 1. The van der Waals surface area contributed by atoms with Crippen LogP contribution in [0.2, 0.25) is 0 Å². The quantitative estimate of drug-likeness (QED) is 0.476. The predicted octanol–water partition coefficient (Wildman–Crippen LogP) is 4.23. The van der Waals surface area contributed by atoms with Crippen LogP contribution in [-0.4, -0.2) is 30.0 Å². The van der Waals surface area contributed by atoms with Gasteiger partial charge in [-0.3, -0.25) is 18.9 Å². The molecule has 4 heterocycles. The third-order valence-electron chi connectivity index (χ3n) is 5.66. The zero-order chi connectivity index (χ0) is 21.1. The van der Waals surface area contributed by atoms with Gasteiger partial charge >= 0.3 is 0 Å². The van der Waals surface area contributed by atoms with Crippen LogP contribution >= 0.6 is 0 Å². The van der Waals surface area contributed by atoms with Crippen molar-refractivity contribution in [1.82, 2.24) is 24.1 Å². The van der Waals surface area contributed by atoms with E-state index >= 15 is 0 Å². The molecule has 0 bridgehead atoms. The lowest BCUT2D eigenvalue weighted by molar-refractivity contribution is -0.111. The van der Waals surface area contributed by atoms with Crippen molar-refractivity contribution >= 4 is 39.4 Å². The number of carbonyl (C=O) groups excluding carboxylic acids is 1. The molecular weight excluding hydrogens is 388 g/mol. The van der Waals surface area contributed by atoms with Gasteiger partial charge in [-0.2, -0.15) is 0 Å². The lowest BCUT2D eigenvalue weighted by Crippen LogP contribution is -2.07. The van der Waals surface area contributed by atoms with E-state index < -0.39 is 0 Å². The molecule has 0 saturated carbocycles. The van der Waals surface area contributed by atoms with Crippen molar-refractivity contribution in [2.75, 3.05) is 5.32 Å². The highest BCUT2D eigenvalue weighted by atomic mass is 16.1. The average molecular weight is 406 g/mol. The Morgan fingerprint density at radius 3 is 2.48 bits per heavy atom. The molecule has 1 aliphatic heterocycles. The Morgan fingerprint density at radius 2 is 1.65 bits per heavy atom. The van der Waals surface area contributed by atoms with Crippen LogP contribution in [0.5, 0.6) is 0 Å². The van der Waals surface area contributed by atoms with Gasteiger partial charge in [0.1, 0.15) is 17.2 Å². The van der Waals surface area contributed by atoms with Crippen LogP contribution in [0.4, 0.5) is 5.69 Å². The van der Waals surface area contributed by atoms with Crippen LogP contribution in [0.3, 0.4) is 0 Å². The van der Waals surface area contributed by atoms with Gasteiger partial charge in [0.15, 0.2) is 0 Å². The zero-order valence-electron chi connectivity index (χ0n) is 17.0. The van der Waals surface area contributed by atoms with Crippen molar-refractivity contribution in [2.45, 2.75) is 13.8 Å². The van der Waals surface area contributed by atoms with Gasteiger partial charge in [0.25, 0.3) is 5.91 Å². The summed E-state index contributed by atoms with van der Waals surface area (Å²) in [5.41, 5.74) is 7.13. The second kappa shape index (κ2) is 6.37. The van der Waals surface area contributed by atoms with Gasteiger partial charge < -0.3 is 5.32 Å². The monoisotopic (exact) mass is 406 g/mol. The molecule has 0 spiro atoms. The Kier molecular flexibility index (Phi) is 3.61. The Hall–Kier alpha value is -4.26. The summed E-state index contributed by atoms with van der Waals surface area (Å²) in [6.07, 6.45) is 5.17. The molecule has 7 heteroatoms. The minimum Gasteiger partial charge on any atom is -0.321 e. The Morgan fingerprint density at radius 1 is 0.871 bits per heavy atom. The van der Waals surface area contributed by atoms with E-state index in [4.69, 9.17) is 0 Å². The number of amides is 1. The van der Waals surface area contributed by atoms with Crippen molar-refractivity contribution in [3.8, 4) is 5.69 Å². The maximum atomic E-state index is 12.6. The summed E-state index contributed by atoms with van der Waals surface area (Å²) in [5, 5.41) is 2.97. The van der Waals surface area contributed by atoms with Crippen LogP contribution in [0, 0.1) is 13.8 Å². The van der Waals surface area contributed by atoms with E-state index in [2.05, 4.69) is 24.8 Å². The summed E-state index contributed by atoms with van der Waals surface area (Å²) in [5.74, 6) is 1.57. The van der Waals surface area contributed by atoms with E-state index in [1.165, 1.54) is 0 Å². The van der Waals surface area contributed by atoms with E-state index in [0.717, 1.165) is 56.4 Å². The summed E-state index contributed by atoms with van der Waals surface area (Å²) < 4.78 is 4.14. The van der Waals surface area contributed by atoms with Gasteiger partial charge in [-0.15, -0.1) is 0 Å². The molecule has 0 saturated heterocycles. The first-order valence-electron chi connectivity index (χ1n) is 10.0.